The van der Waals surface area contributed by atoms with Crippen molar-refractivity contribution in [1.82, 2.24) is 10.2 Å². The fourth-order valence-electron chi connectivity index (χ4n) is 1.59. The van der Waals surface area contributed by atoms with Gasteiger partial charge in [-0.05, 0) is 12.8 Å². The Hall–Kier alpha value is -0.570. The lowest BCUT2D eigenvalue weighted by atomic mass is 10.3. The molecular formula is C6H10N2O. The summed E-state index contributed by atoms with van der Waals surface area (Å²) in [7, 11) is 0. The zero-order chi connectivity index (χ0) is 6.27. The molecule has 2 aliphatic heterocycles. The second-order valence-electron chi connectivity index (χ2n) is 2.70. The number of fused-ring (bicyclic) bond motifs is 1. The van der Waals surface area contributed by atoms with Gasteiger partial charge in [0.2, 0.25) is 5.91 Å². The summed E-state index contributed by atoms with van der Waals surface area (Å²) in [6.45, 7) is 1.73. The molecule has 0 radical (unpaired) electrons. The van der Waals surface area contributed by atoms with E-state index in [4.69, 9.17) is 0 Å². The van der Waals surface area contributed by atoms with E-state index in [9.17, 15) is 4.79 Å². The van der Waals surface area contributed by atoms with Crippen LogP contribution >= 0.6 is 0 Å². The van der Waals surface area contributed by atoms with Gasteiger partial charge < -0.3 is 5.32 Å². The van der Waals surface area contributed by atoms with Gasteiger partial charge in [0.25, 0.3) is 0 Å². The lowest BCUT2D eigenvalue weighted by Gasteiger charge is -2.10. The maximum absolute atomic E-state index is 10.7. The van der Waals surface area contributed by atoms with Gasteiger partial charge >= 0.3 is 0 Å². The van der Waals surface area contributed by atoms with Crippen molar-refractivity contribution >= 4 is 5.91 Å². The van der Waals surface area contributed by atoms with E-state index < -0.39 is 0 Å². The first-order chi connectivity index (χ1) is 4.36. The van der Waals surface area contributed by atoms with Crippen LogP contribution < -0.4 is 5.32 Å². The molecule has 2 saturated heterocycles. The van der Waals surface area contributed by atoms with Crippen molar-refractivity contribution in [3.63, 3.8) is 0 Å². The molecule has 2 aliphatic rings. The molecule has 0 saturated carbocycles. The quantitative estimate of drug-likeness (QED) is 0.476. The van der Waals surface area contributed by atoms with Crippen LogP contribution in [0.4, 0.5) is 0 Å². The summed E-state index contributed by atoms with van der Waals surface area (Å²) in [4.78, 5) is 12.9. The van der Waals surface area contributed by atoms with Crippen LogP contribution in [0.25, 0.3) is 0 Å². The van der Waals surface area contributed by atoms with Crippen molar-refractivity contribution in [2.24, 2.45) is 0 Å². The maximum Gasteiger partial charge on any atom is 0.235 e. The minimum Gasteiger partial charge on any atom is -0.339 e. The van der Waals surface area contributed by atoms with Crippen molar-refractivity contribution < 1.29 is 4.79 Å². The molecule has 0 aromatic carbocycles. The summed E-state index contributed by atoms with van der Waals surface area (Å²) in [6.07, 6.45) is 2.77. The summed E-state index contributed by atoms with van der Waals surface area (Å²) in [5, 5.41) is 2.90. The van der Waals surface area contributed by atoms with E-state index in [2.05, 4.69) is 10.2 Å². The number of carbonyl (C=O) groups excluding carboxylic acids is 1. The van der Waals surface area contributed by atoms with Crippen molar-refractivity contribution in [1.29, 1.82) is 0 Å². The zero-order valence-electron chi connectivity index (χ0n) is 5.26. The lowest BCUT2D eigenvalue weighted by Crippen LogP contribution is -2.29. The second kappa shape index (κ2) is 1.70. The van der Waals surface area contributed by atoms with Gasteiger partial charge in [0, 0.05) is 6.54 Å². The van der Waals surface area contributed by atoms with Gasteiger partial charge in [0.05, 0.1) is 12.7 Å². The van der Waals surface area contributed by atoms with Gasteiger partial charge in [0.15, 0.2) is 0 Å². The van der Waals surface area contributed by atoms with Crippen LogP contribution in [0.2, 0.25) is 0 Å². The molecule has 0 aliphatic carbocycles. The fraction of sp³-hybridized carbons (Fsp3) is 0.833. The fourth-order valence-corrected chi connectivity index (χ4v) is 1.59. The monoisotopic (exact) mass is 126 g/mol. The lowest BCUT2D eigenvalue weighted by molar-refractivity contribution is -0.118. The first-order valence-corrected chi connectivity index (χ1v) is 3.40. The Morgan fingerprint density at radius 3 is 3.33 bits per heavy atom. The summed E-state index contributed by atoms with van der Waals surface area (Å²) < 4.78 is 0. The molecule has 2 fully saturated rings. The molecule has 1 amide bonds. The first kappa shape index (κ1) is 5.23. The highest BCUT2D eigenvalue weighted by molar-refractivity contribution is 5.80. The van der Waals surface area contributed by atoms with Gasteiger partial charge in [-0.3, -0.25) is 9.69 Å². The van der Waals surface area contributed by atoms with E-state index >= 15 is 0 Å². The number of nitrogens with zero attached hydrogens (tertiary/aromatic N) is 1. The molecule has 9 heavy (non-hydrogen) atoms. The Bertz CT molecular complexity index is 132. The predicted molar refractivity (Wildman–Crippen MR) is 32.7 cm³/mol. The highest BCUT2D eigenvalue weighted by Crippen LogP contribution is 2.17. The third kappa shape index (κ3) is 0.721. The number of carbonyl (C=O) groups is 1. The van der Waals surface area contributed by atoms with Crippen molar-refractivity contribution in [3.8, 4) is 0 Å². The number of hydrogen-bond donors (Lipinski definition) is 1. The summed E-state index contributed by atoms with van der Waals surface area (Å²) in [5.41, 5.74) is 0. The third-order valence-electron chi connectivity index (χ3n) is 2.04. The highest BCUT2D eigenvalue weighted by atomic mass is 16.2. The van der Waals surface area contributed by atoms with Crippen molar-refractivity contribution in [3.05, 3.63) is 0 Å². The molecule has 0 aromatic rings. The molecule has 1 unspecified atom stereocenters. The summed E-state index contributed by atoms with van der Waals surface area (Å²) in [5.74, 6) is 0.194. The molecule has 0 bridgehead atoms. The van der Waals surface area contributed by atoms with Crippen LogP contribution in [0, 0.1) is 0 Å². The van der Waals surface area contributed by atoms with E-state index in [1.54, 1.807) is 0 Å². The smallest absolute Gasteiger partial charge is 0.235 e. The van der Waals surface area contributed by atoms with E-state index in [-0.39, 0.29) is 5.91 Å². The molecule has 0 spiro atoms. The molecule has 2 heterocycles. The Labute approximate surface area is 54.0 Å². The molecule has 1 N–H and O–H groups in total. The molecular weight excluding hydrogens is 116 g/mol. The minimum atomic E-state index is 0.194. The molecule has 50 valence electrons. The van der Waals surface area contributed by atoms with Crippen LogP contribution in [-0.2, 0) is 4.79 Å². The predicted octanol–water partition coefficient (Wildman–Crippen LogP) is -0.462. The first-order valence-electron chi connectivity index (χ1n) is 3.40. The third-order valence-corrected chi connectivity index (χ3v) is 2.04. The zero-order valence-corrected chi connectivity index (χ0v) is 5.26. The van der Waals surface area contributed by atoms with Gasteiger partial charge in [-0.15, -0.1) is 0 Å². The topological polar surface area (TPSA) is 32.3 Å². The Kier molecular flexibility index (Phi) is 0.990. The molecule has 3 nitrogen and oxygen atoms in total. The SMILES string of the molecule is O=C1CN2CCCC2N1. The number of rotatable bonds is 0. The summed E-state index contributed by atoms with van der Waals surface area (Å²) >= 11 is 0. The normalized spacial score (nSPS) is 34.7. The van der Waals surface area contributed by atoms with Crippen LogP contribution in [-0.4, -0.2) is 30.1 Å². The van der Waals surface area contributed by atoms with E-state index in [0.29, 0.717) is 12.7 Å². The summed E-state index contributed by atoms with van der Waals surface area (Å²) in [6, 6.07) is 0. The van der Waals surface area contributed by atoms with Gasteiger partial charge in [-0.2, -0.15) is 0 Å². The van der Waals surface area contributed by atoms with E-state index in [1.807, 2.05) is 0 Å². The average molecular weight is 126 g/mol. The van der Waals surface area contributed by atoms with Gasteiger partial charge in [-0.1, -0.05) is 0 Å². The van der Waals surface area contributed by atoms with Crippen LogP contribution in [0.15, 0.2) is 0 Å². The number of nitrogens with one attached hydrogen (secondary N) is 1. The Morgan fingerprint density at radius 2 is 2.56 bits per heavy atom. The Morgan fingerprint density at radius 1 is 1.67 bits per heavy atom. The van der Waals surface area contributed by atoms with E-state index in [1.165, 1.54) is 6.42 Å². The Balaban J connectivity index is 2.09. The van der Waals surface area contributed by atoms with Gasteiger partial charge in [-0.25, -0.2) is 0 Å². The maximum atomic E-state index is 10.7. The van der Waals surface area contributed by atoms with Gasteiger partial charge in [0.1, 0.15) is 0 Å². The minimum absolute atomic E-state index is 0.194. The number of amides is 1. The van der Waals surface area contributed by atoms with Crippen LogP contribution in [0.3, 0.4) is 0 Å². The highest BCUT2D eigenvalue weighted by Gasteiger charge is 2.32. The number of hydrogen-bond acceptors (Lipinski definition) is 2. The second-order valence-corrected chi connectivity index (χ2v) is 2.70. The molecule has 3 heteroatoms. The van der Waals surface area contributed by atoms with Crippen molar-refractivity contribution in [2.75, 3.05) is 13.1 Å². The average Bonchev–Trinajstić information content (AvgIpc) is 2.22. The van der Waals surface area contributed by atoms with Crippen molar-refractivity contribution in [2.45, 2.75) is 19.0 Å². The van der Waals surface area contributed by atoms with Crippen LogP contribution in [0.1, 0.15) is 12.8 Å². The molecule has 2 rings (SSSR count). The van der Waals surface area contributed by atoms with Crippen LogP contribution in [0.5, 0.6) is 0 Å². The molecule has 0 aromatic heterocycles. The standard InChI is InChI=1S/C6H10N2O/c9-6-4-8-3-1-2-5(8)7-6/h5H,1-4H2,(H,7,9). The van der Waals surface area contributed by atoms with E-state index in [0.717, 1.165) is 13.0 Å². The molecule has 1 atom stereocenters. The largest absolute Gasteiger partial charge is 0.339 e.